The first-order chi connectivity index (χ1) is 13.1. The van der Waals surface area contributed by atoms with Crippen LogP contribution in [0.3, 0.4) is 0 Å². The molecule has 0 saturated heterocycles. The summed E-state index contributed by atoms with van der Waals surface area (Å²) in [6.07, 6.45) is 10.1. The molecule has 1 rings (SSSR count). The average Bonchev–Trinajstić information content (AvgIpc) is 2.68. The number of carbonyl (C=O) groups excluding carboxylic acids is 2. The Balaban J connectivity index is 2.55. The number of nitrogens with zero attached hydrogens (tertiary/aromatic N) is 1. The van der Waals surface area contributed by atoms with Crippen molar-refractivity contribution >= 4 is 11.9 Å². The molecule has 1 aromatic rings. The van der Waals surface area contributed by atoms with E-state index >= 15 is 0 Å². The van der Waals surface area contributed by atoms with Crippen LogP contribution >= 0.6 is 0 Å². The Kier molecular flexibility index (Phi) is 12.2. The van der Waals surface area contributed by atoms with Crippen LogP contribution in [0.4, 0.5) is 0 Å². The summed E-state index contributed by atoms with van der Waals surface area (Å²) in [5.74, 6) is -0.963. The largest absolute Gasteiger partial charge is 0.461 e. The van der Waals surface area contributed by atoms with E-state index in [1.165, 1.54) is 12.8 Å². The van der Waals surface area contributed by atoms with Crippen molar-refractivity contribution < 1.29 is 19.1 Å². The van der Waals surface area contributed by atoms with E-state index in [9.17, 15) is 9.59 Å². The summed E-state index contributed by atoms with van der Waals surface area (Å²) in [6, 6.07) is 4.78. The fourth-order valence-electron chi connectivity index (χ4n) is 2.83. The predicted octanol–water partition coefficient (Wildman–Crippen LogP) is 5.72. The van der Waals surface area contributed by atoms with Crippen molar-refractivity contribution in [3.8, 4) is 0 Å². The van der Waals surface area contributed by atoms with Crippen LogP contribution in [0.15, 0.2) is 18.2 Å². The molecule has 5 nitrogen and oxygen atoms in total. The maximum atomic E-state index is 12.4. The first-order valence-corrected chi connectivity index (χ1v) is 10.5. The Hall–Kier alpha value is -1.91. The maximum absolute atomic E-state index is 12.4. The van der Waals surface area contributed by atoms with Crippen LogP contribution in [0, 0.1) is 0 Å². The number of ether oxygens (including phenoxy) is 2. The number of esters is 2. The molecule has 1 atom stereocenters. The van der Waals surface area contributed by atoms with Gasteiger partial charge in [-0.1, -0.05) is 71.8 Å². The molecule has 0 aromatic carbocycles. The van der Waals surface area contributed by atoms with Gasteiger partial charge in [0.15, 0.2) is 0 Å². The number of rotatable bonds is 14. The van der Waals surface area contributed by atoms with E-state index in [-0.39, 0.29) is 17.5 Å². The number of hydrogen-bond acceptors (Lipinski definition) is 5. The van der Waals surface area contributed by atoms with Gasteiger partial charge >= 0.3 is 11.9 Å². The molecule has 0 saturated carbocycles. The van der Waals surface area contributed by atoms with Crippen LogP contribution in [0.1, 0.15) is 106 Å². The van der Waals surface area contributed by atoms with E-state index in [1.807, 2.05) is 0 Å². The SMILES string of the molecule is CCCCCCCOC(=O)c1cccc(C(=O)OC(CCC)CCCC)n1. The summed E-state index contributed by atoms with van der Waals surface area (Å²) in [5, 5.41) is 0. The third-order valence-electron chi connectivity index (χ3n) is 4.41. The van der Waals surface area contributed by atoms with Crippen molar-refractivity contribution in [2.24, 2.45) is 0 Å². The molecule has 1 heterocycles. The molecule has 5 heteroatoms. The summed E-state index contributed by atoms with van der Waals surface area (Å²) < 4.78 is 10.9. The summed E-state index contributed by atoms with van der Waals surface area (Å²) in [4.78, 5) is 28.7. The van der Waals surface area contributed by atoms with Crippen LogP contribution in [-0.4, -0.2) is 29.6 Å². The second-order valence-electron chi connectivity index (χ2n) is 6.92. The summed E-state index contributed by atoms with van der Waals surface area (Å²) >= 11 is 0. The molecule has 0 amide bonds. The zero-order chi connectivity index (χ0) is 19.9. The Bertz CT molecular complexity index is 559. The van der Waals surface area contributed by atoms with Gasteiger partial charge in [-0.3, -0.25) is 0 Å². The quantitative estimate of drug-likeness (QED) is 0.306. The molecule has 0 bridgehead atoms. The summed E-state index contributed by atoms with van der Waals surface area (Å²) in [6.45, 7) is 6.74. The van der Waals surface area contributed by atoms with Gasteiger partial charge in [-0.05, 0) is 31.4 Å². The second-order valence-corrected chi connectivity index (χ2v) is 6.92. The highest BCUT2D eigenvalue weighted by molar-refractivity contribution is 5.91. The standard InChI is InChI=1S/C22H35NO4/c1-4-7-9-10-11-17-26-21(24)19-15-12-16-20(23-19)22(25)27-18(13-6-3)14-8-5-2/h12,15-16,18H,4-11,13-14,17H2,1-3H3. The van der Waals surface area contributed by atoms with Gasteiger partial charge in [0.25, 0.3) is 0 Å². The van der Waals surface area contributed by atoms with E-state index in [2.05, 4.69) is 25.8 Å². The Morgan fingerprint density at radius 2 is 1.52 bits per heavy atom. The lowest BCUT2D eigenvalue weighted by atomic mass is 10.1. The fourth-order valence-corrected chi connectivity index (χ4v) is 2.83. The molecular formula is C22H35NO4. The topological polar surface area (TPSA) is 65.5 Å². The smallest absolute Gasteiger partial charge is 0.357 e. The molecule has 152 valence electrons. The lowest BCUT2D eigenvalue weighted by molar-refractivity contribution is 0.0247. The van der Waals surface area contributed by atoms with Crippen LogP contribution in [-0.2, 0) is 9.47 Å². The molecule has 0 radical (unpaired) electrons. The van der Waals surface area contributed by atoms with Gasteiger partial charge in [0, 0.05) is 0 Å². The zero-order valence-electron chi connectivity index (χ0n) is 17.2. The highest BCUT2D eigenvalue weighted by atomic mass is 16.5. The van der Waals surface area contributed by atoms with Crippen LogP contribution < -0.4 is 0 Å². The minimum absolute atomic E-state index is 0.0945. The molecular weight excluding hydrogens is 342 g/mol. The molecule has 0 fully saturated rings. The van der Waals surface area contributed by atoms with E-state index in [1.54, 1.807) is 18.2 Å². The number of aromatic nitrogens is 1. The van der Waals surface area contributed by atoms with E-state index in [0.29, 0.717) is 6.61 Å². The summed E-state index contributed by atoms with van der Waals surface area (Å²) in [7, 11) is 0. The van der Waals surface area contributed by atoms with Crippen molar-refractivity contribution in [2.45, 2.75) is 91.1 Å². The number of unbranched alkanes of at least 4 members (excludes halogenated alkanes) is 5. The number of carbonyl (C=O) groups is 2. The van der Waals surface area contributed by atoms with E-state index in [4.69, 9.17) is 9.47 Å². The van der Waals surface area contributed by atoms with Crippen molar-refractivity contribution in [1.82, 2.24) is 4.98 Å². The van der Waals surface area contributed by atoms with Crippen molar-refractivity contribution in [3.05, 3.63) is 29.6 Å². The third-order valence-corrected chi connectivity index (χ3v) is 4.41. The van der Waals surface area contributed by atoms with Gasteiger partial charge in [-0.2, -0.15) is 0 Å². The minimum atomic E-state index is -0.490. The Morgan fingerprint density at radius 1 is 0.852 bits per heavy atom. The van der Waals surface area contributed by atoms with Gasteiger partial charge in [-0.15, -0.1) is 0 Å². The molecule has 0 aliphatic carbocycles. The first-order valence-electron chi connectivity index (χ1n) is 10.5. The van der Waals surface area contributed by atoms with Gasteiger partial charge in [-0.25, -0.2) is 14.6 Å². The zero-order valence-corrected chi connectivity index (χ0v) is 17.2. The molecule has 1 aromatic heterocycles. The predicted molar refractivity (Wildman–Crippen MR) is 107 cm³/mol. The minimum Gasteiger partial charge on any atom is -0.461 e. The first kappa shape index (κ1) is 23.1. The maximum Gasteiger partial charge on any atom is 0.357 e. The Labute approximate surface area is 163 Å². The lowest BCUT2D eigenvalue weighted by Gasteiger charge is -2.16. The average molecular weight is 378 g/mol. The van der Waals surface area contributed by atoms with Crippen molar-refractivity contribution in [1.29, 1.82) is 0 Å². The molecule has 1 unspecified atom stereocenters. The van der Waals surface area contributed by atoms with Crippen LogP contribution in [0.2, 0.25) is 0 Å². The number of pyridine rings is 1. The van der Waals surface area contributed by atoms with Crippen LogP contribution in [0.25, 0.3) is 0 Å². The molecule has 0 N–H and O–H groups in total. The van der Waals surface area contributed by atoms with Gasteiger partial charge in [0.05, 0.1) is 6.61 Å². The third kappa shape index (κ3) is 9.55. The van der Waals surface area contributed by atoms with Crippen LogP contribution in [0.5, 0.6) is 0 Å². The highest BCUT2D eigenvalue weighted by Gasteiger charge is 2.18. The highest BCUT2D eigenvalue weighted by Crippen LogP contribution is 2.14. The Morgan fingerprint density at radius 3 is 2.19 bits per heavy atom. The molecule has 27 heavy (non-hydrogen) atoms. The van der Waals surface area contributed by atoms with Gasteiger partial charge in [0.2, 0.25) is 0 Å². The molecule has 0 aliphatic heterocycles. The van der Waals surface area contributed by atoms with Crippen molar-refractivity contribution in [3.63, 3.8) is 0 Å². The lowest BCUT2D eigenvalue weighted by Crippen LogP contribution is -2.20. The summed E-state index contributed by atoms with van der Waals surface area (Å²) in [5.41, 5.74) is 0.309. The van der Waals surface area contributed by atoms with E-state index in [0.717, 1.165) is 51.4 Å². The van der Waals surface area contributed by atoms with Gasteiger partial charge in [0.1, 0.15) is 17.5 Å². The van der Waals surface area contributed by atoms with Gasteiger partial charge < -0.3 is 9.47 Å². The van der Waals surface area contributed by atoms with E-state index < -0.39 is 11.9 Å². The molecule has 0 spiro atoms. The molecule has 0 aliphatic rings. The fraction of sp³-hybridized carbons (Fsp3) is 0.682. The van der Waals surface area contributed by atoms with Crippen molar-refractivity contribution in [2.75, 3.05) is 6.61 Å². The monoisotopic (exact) mass is 377 g/mol. The number of hydrogen-bond donors (Lipinski definition) is 0. The second kappa shape index (κ2) is 14.2. The normalized spacial score (nSPS) is 11.8.